The van der Waals surface area contributed by atoms with Gasteiger partial charge in [-0.05, 0) is 69.8 Å². The molecule has 2 unspecified atom stereocenters. The number of ketones is 1. The summed E-state index contributed by atoms with van der Waals surface area (Å²) in [7, 11) is 0. The minimum atomic E-state index is -0.0236. The van der Waals surface area contributed by atoms with Gasteiger partial charge in [0.15, 0.2) is 5.78 Å². The smallest absolute Gasteiger partial charge is 0.161 e. The summed E-state index contributed by atoms with van der Waals surface area (Å²) in [6.07, 6.45) is 5.31. The summed E-state index contributed by atoms with van der Waals surface area (Å²) >= 11 is 0. The van der Waals surface area contributed by atoms with Gasteiger partial charge in [-0.2, -0.15) is 0 Å². The van der Waals surface area contributed by atoms with Crippen LogP contribution in [0.1, 0.15) is 73.6 Å². The van der Waals surface area contributed by atoms with Gasteiger partial charge < -0.3 is 4.74 Å². The molecule has 0 aromatic heterocycles. The van der Waals surface area contributed by atoms with Gasteiger partial charge in [-0.1, -0.05) is 27.4 Å². The topological polar surface area (TPSA) is 26.3 Å². The molecule has 0 saturated heterocycles. The molecule has 1 aliphatic carbocycles. The summed E-state index contributed by atoms with van der Waals surface area (Å²) in [5.74, 6) is 1.11. The van der Waals surface area contributed by atoms with E-state index in [-0.39, 0.29) is 22.7 Å². The van der Waals surface area contributed by atoms with Crippen molar-refractivity contribution in [2.45, 2.75) is 79.2 Å². The van der Waals surface area contributed by atoms with Gasteiger partial charge in [-0.25, -0.2) is 0 Å². The van der Waals surface area contributed by atoms with Crippen LogP contribution in [0.5, 0.6) is 0 Å². The van der Waals surface area contributed by atoms with Crippen LogP contribution in [-0.4, -0.2) is 18.0 Å². The molecular weight excluding hydrogens is 260 g/mol. The Morgan fingerprint density at radius 3 is 2.38 bits per heavy atom. The van der Waals surface area contributed by atoms with Gasteiger partial charge in [0.2, 0.25) is 0 Å². The Balaban J connectivity index is 2.49. The quantitative estimate of drug-likeness (QED) is 0.577. The molecule has 0 aromatic rings. The Kier molecular flexibility index (Phi) is 6.22. The number of rotatable bonds is 8. The third kappa shape index (κ3) is 5.25. The van der Waals surface area contributed by atoms with Crippen molar-refractivity contribution < 1.29 is 9.53 Å². The first-order valence-corrected chi connectivity index (χ1v) is 8.43. The summed E-state index contributed by atoms with van der Waals surface area (Å²) in [5, 5.41) is 0. The molecule has 0 N–H and O–H groups in total. The van der Waals surface area contributed by atoms with E-state index >= 15 is 0 Å². The van der Waals surface area contributed by atoms with Crippen molar-refractivity contribution in [2.24, 2.45) is 17.3 Å². The summed E-state index contributed by atoms with van der Waals surface area (Å²) in [6, 6.07) is 0. The lowest BCUT2D eigenvalue weighted by Gasteiger charge is -2.33. The molecule has 0 heterocycles. The van der Waals surface area contributed by atoms with E-state index in [0.717, 1.165) is 38.7 Å². The fraction of sp³-hybridized carbons (Fsp3) is 0.842. The van der Waals surface area contributed by atoms with E-state index in [2.05, 4.69) is 41.2 Å². The van der Waals surface area contributed by atoms with Crippen LogP contribution in [0.25, 0.3) is 0 Å². The summed E-state index contributed by atoms with van der Waals surface area (Å²) in [5.41, 5.74) is 0.935. The highest BCUT2D eigenvalue weighted by atomic mass is 16.5. The Hall–Kier alpha value is -0.630. The lowest BCUT2D eigenvalue weighted by atomic mass is 9.75. The van der Waals surface area contributed by atoms with Crippen LogP contribution in [0.4, 0.5) is 0 Å². The molecule has 0 aromatic carbocycles. The van der Waals surface area contributed by atoms with E-state index in [0.29, 0.717) is 11.5 Å². The van der Waals surface area contributed by atoms with Crippen LogP contribution in [0.3, 0.4) is 0 Å². The van der Waals surface area contributed by atoms with E-state index in [9.17, 15) is 4.79 Å². The van der Waals surface area contributed by atoms with E-state index in [1.807, 2.05) is 6.92 Å². The van der Waals surface area contributed by atoms with Crippen molar-refractivity contribution in [2.75, 3.05) is 6.61 Å². The van der Waals surface area contributed by atoms with Crippen molar-refractivity contribution in [1.29, 1.82) is 0 Å². The second kappa shape index (κ2) is 7.09. The van der Waals surface area contributed by atoms with Crippen LogP contribution in [0.15, 0.2) is 12.2 Å². The molecule has 0 amide bonds. The third-order valence-electron chi connectivity index (χ3n) is 5.42. The molecule has 1 fully saturated rings. The van der Waals surface area contributed by atoms with E-state index in [1.165, 1.54) is 0 Å². The molecular formula is C19H34O2. The van der Waals surface area contributed by atoms with Crippen molar-refractivity contribution in [3.05, 3.63) is 12.2 Å². The highest BCUT2D eigenvalue weighted by Crippen LogP contribution is 2.45. The van der Waals surface area contributed by atoms with E-state index in [1.54, 1.807) is 0 Å². The Morgan fingerprint density at radius 1 is 1.24 bits per heavy atom. The molecule has 0 spiro atoms. The maximum absolute atomic E-state index is 12.1. The summed E-state index contributed by atoms with van der Waals surface area (Å²) in [4.78, 5) is 12.1. The first-order valence-electron chi connectivity index (χ1n) is 8.43. The highest BCUT2D eigenvalue weighted by molar-refractivity contribution is 5.96. The summed E-state index contributed by atoms with van der Waals surface area (Å²) < 4.78 is 6.01. The molecule has 122 valence electrons. The van der Waals surface area contributed by atoms with Crippen LogP contribution in [0, 0.1) is 17.3 Å². The van der Waals surface area contributed by atoms with E-state index in [4.69, 9.17) is 4.74 Å². The number of carbonyl (C=O) groups is 1. The highest BCUT2D eigenvalue weighted by Gasteiger charge is 2.38. The second-order valence-electron chi connectivity index (χ2n) is 8.05. The Labute approximate surface area is 131 Å². The molecule has 2 nitrogen and oxygen atoms in total. The Bertz CT molecular complexity index is 379. The van der Waals surface area contributed by atoms with Crippen molar-refractivity contribution in [1.82, 2.24) is 0 Å². The molecule has 1 aliphatic rings. The van der Waals surface area contributed by atoms with Crippen molar-refractivity contribution >= 4 is 5.78 Å². The van der Waals surface area contributed by atoms with Gasteiger partial charge in [0, 0.05) is 12.5 Å². The van der Waals surface area contributed by atoms with Crippen molar-refractivity contribution in [3.63, 3.8) is 0 Å². The average molecular weight is 294 g/mol. The zero-order valence-corrected chi connectivity index (χ0v) is 14.9. The predicted molar refractivity (Wildman–Crippen MR) is 89.4 cm³/mol. The van der Waals surface area contributed by atoms with Gasteiger partial charge in [0.1, 0.15) is 0 Å². The molecule has 2 atom stereocenters. The third-order valence-corrected chi connectivity index (χ3v) is 5.42. The molecule has 21 heavy (non-hydrogen) atoms. The average Bonchev–Trinajstić information content (AvgIpc) is 2.87. The van der Waals surface area contributed by atoms with E-state index < -0.39 is 0 Å². The summed E-state index contributed by atoms with van der Waals surface area (Å²) in [6.45, 7) is 17.6. The first-order chi connectivity index (χ1) is 9.59. The van der Waals surface area contributed by atoms with Crippen LogP contribution < -0.4 is 0 Å². The number of allylic oxidation sites excluding steroid dienone is 1. The maximum Gasteiger partial charge on any atom is 0.161 e. The second-order valence-corrected chi connectivity index (χ2v) is 8.05. The number of Topliss-reactive ketones (excluding diaryl/α,β-unsaturated/α-hetero) is 1. The van der Waals surface area contributed by atoms with Crippen molar-refractivity contribution in [3.8, 4) is 0 Å². The van der Waals surface area contributed by atoms with Crippen LogP contribution in [-0.2, 0) is 9.53 Å². The fourth-order valence-electron chi connectivity index (χ4n) is 3.17. The lowest BCUT2D eigenvalue weighted by molar-refractivity contribution is -0.119. The largest absolute Gasteiger partial charge is 0.376 e. The maximum atomic E-state index is 12.1. The van der Waals surface area contributed by atoms with Gasteiger partial charge in [-0.3, -0.25) is 4.79 Å². The molecule has 0 radical (unpaired) electrons. The molecule has 0 bridgehead atoms. The SMILES string of the molecule is C=C(C)C(=O)C1CCC(C(C)(C)CCOC(C)(C)CC)C1. The molecule has 1 rings (SSSR count). The first kappa shape index (κ1) is 18.4. The van der Waals surface area contributed by atoms with Gasteiger partial charge in [0.05, 0.1) is 5.60 Å². The normalized spacial score (nSPS) is 23.3. The number of hydrogen-bond donors (Lipinski definition) is 0. The number of hydrogen-bond acceptors (Lipinski definition) is 2. The Morgan fingerprint density at radius 2 is 1.86 bits per heavy atom. The lowest BCUT2D eigenvalue weighted by Crippen LogP contribution is -2.29. The monoisotopic (exact) mass is 294 g/mol. The van der Waals surface area contributed by atoms with Gasteiger partial charge in [-0.15, -0.1) is 0 Å². The van der Waals surface area contributed by atoms with Gasteiger partial charge >= 0.3 is 0 Å². The molecule has 2 heteroatoms. The van der Waals surface area contributed by atoms with Gasteiger partial charge in [0.25, 0.3) is 0 Å². The molecule has 1 saturated carbocycles. The zero-order chi connectivity index (χ0) is 16.3. The standard InChI is InChI=1S/C19H34O2/c1-8-19(6,7)21-12-11-18(4,5)16-10-9-15(13-16)17(20)14(2)3/h15-16H,2,8-13H2,1,3-7H3. The predicted octanol–water partition coefficient (Wildman–Crippen LogP) is 5.17. The minimum absolute atomic E-state index is 0.0236. The zero-order valence-electron chi connectivity index (χ0n) is 14.9. The number of carbonyl (C=O) groups excluding carboxylic acids is 1. The van der Waals surface area contributed by atoms with Crippen LogP contribution >= 0.6 is 0 Å². The fourth-order valence-corrected chi connectivity index (χ4v) is 3.17. The number of ether oxygens (including phenoxy) is 1. The molecule has 0 aliphatic heterocycles. The van der Waals surface area contributed by atoms with Crippen LogP contribution in [0.2, 0.25) is 0 Å². The minimum Gasteiger partial charge on any atom is -0.376 e.